The predicted octanol–water partition coefficient (Wildman–Crippen LogP) is 2.15. The molecule has 1 unspecified atom stereocenters. The maximum atomic E-state index is 12.3. The van der Waals surface area contributed by atoms with Gasteiger partial charge >= 0.3 is 5.97 Å². The molecule has 0 aliphatic carbocycles. The summed E-state index contributed by atoms with van der Waals surface area (Å²) in [4.78, 5) is 26.5. The summed E-state index contributed by atoms with van der Waals surface area (Å²) in [6, 6.07) is 1.56. The molecule has 5 nitrogen and oxygen atoms in total. The van der Waals surface area contributed by atoms with Crippen molar-refractivity contribution in [2.45, 2.75) is 40.2 Å². The Kier molecular flexibility index (Phi) is 6.15. The average Bonchev–Trinajstić information content (AvgIpc) is 2.35. The SMILES string of the molecule is CCOC(=O)c1c(C)cc(=O)n(C(C)CCN(C)C)c1C. The number of rotatable bonds is 6. The van der Waals surface area contributed by atoms with Crippen LogP contribution in [0.2, 0.25) is 0 Å². The summed E-state index contributed by atoms with van der Waals surface area (Å²) in [6.07, 6.45) is 0.846. The van der Waals surface area contributed by atoms with E-state index < -0.39 is 0 Å². The van der Waals surface area contributed by atoms with Gasteiger partial charge in [-0.05, 0) is 60.3 Å². The Bertz CT molecular complexity index is 561. The number of carbonyl (C=O) groups is 1. The summed E-state index contributed by atoms with van der Waals surface area (Å²) in [7, 11) is 4.00. The molecule has 1 rings (SSSR count). The minimum Gasteiger partial charge on any atom is -0.462 e. The van der Waals surface area contributed by atoms with Crippen LogP contribution in [-0.2, 0) is 4.74 Å². The topological polar surface area (TPSA) is 51.5 Å². The molecular formula is C16H26N2O3. The van der Waals surface area contributed by atoms with Crippen molar-refractivity contribution in [3.8, 4) is 0 Å². The number of aromatic nitrogens is 1. The van der Waals surface area contributed by atoms with Crippen LogP contribution in [0.25, 0.3) is 0 Å². The Morgan fingerprint density at radius 3 is 2.52 bits per heavy atom. The Balaban J connectivity index is 3.24. The second kappa shape index (κ2) is 7.41. The molecule has 0 aromatic carbocycles. The van der Waals surface area contributed by atoms with Gasteiger partial charge in [0.05, 0.1) is 12.2 Å². The van der Waals surface area contributed by atoms with Gasteiger partial charge in [0.1, 0.15) is 0 Å². The summed E-state index contributed by atoms with van der Waals surface area (Å²) in [5.74, 6) is -0.360. The molecule has 118 valence electrons. The minimum absolute atomic E-state index is 0.0358. The van der Waals surface area contributed by atoms with Gasteiger partial charge in [0.15, 0.2) is 0 Å². The first-order chi connectivity index (χ1) is 9.79. The van der Waals surface area contributed by atoms with Crippen molar-refractivity contribution >= 4 is 5.97 Å². The van der Waals surface area contributed by atoms with E-state index in [1.807, 2.05) is 27.9 Å². The molecule has 0 aliphatic heterocycles. The van der Waals surface area contributed by atoms with Crippen LogP contribution in [-0.4, -0.2) is 42.7 Å². The molecule has 1 aromatic rings. The quantitative estimate of drug-likeness (QED) is 0.754. The molecule has 0 saturated carbocycles. The minimum atomic E-state index is -0.360. The van der Waals surface area contributed by atoms with Crippen LogP contribution in [0.1, 0.15) is 47.9 Å². The highest BCUT2D eigenvalue weighted by molar-refractivity contribution is 5.92. The van der Waals surface area contributed by atoms with E-state index in [0.717, 1.165) is 13.0 Å². The van der Waals surface area contributed by atoms with Crippen molar-refractivity contribution in [3.05, 3.63) is 33.2 Å². The van der Waals surface area contributed by atoms with E-state index >= 15 is 0 Å². The van der Waals surface area contributed by atoms with Gasteiger partial charge in [0, 0.05) is 17.8 Å². The monoisotopic (exact) mass is 294 g/mol. The first-order valence-corrected chi connectivity index (χ1v) is 7.34. The Morgan fingerprint density at radius 2 is 2.00 bits per heavy atom. The lowest BCUT2D eigenvalue weighted by Crippen LogP contribution is -2.30. The van der Waals surface area contributed by atoms with Crippen molar-refractivity contribution in [2.75, 3.05) is 27.2 Å². The highest BCUT2D eigenvalue weighted by Crippen LogP contribution is 2.18. The van der Waals surface area contributed by atoms with Crippen molar-refractivity contribution in [1.29, 1.82) is 0 Å². The Hall–Kier alpha value is -1.62. The molecule has 0 spiro atoms. The molecule has 5 heteroatoms. The second-order valence-corrected chi connectivity index (χ2v) is 5.66. The fraction of sp³-hybridized carbons (Fsp3) is 0.625. The van der Waals surface area contributed by atoms with Crippen molar-refractivity contribution in [2.24, 2.45) is 0 Å². The van der Waals surface area contributed by atoms with Gasteiger partial charge in [-0.25, -0.2) is 4.79 Å². The molecule has 21 heavy (non-hydrogen) atoms. The first-order valence-electron chi connectivity index (χ1n) is 7.34. The lowest BCUT2D eigenvalue weighted by atomic mass is 10.1. The largest absolute Gasteiger partial charge is 0.462 e. The van der Waals surface area contributed by atoms with Gasteiger partial charge < -0.3 is 14.2 Å². The van der Waals surface area contributed by atoms with Crippen LogP contribution >= 0.6 is 0 Å². The molecule has 0 N–H and O–H groups in total. The number of nitrogens with zero attached hydrogens (tertiary/aromatic N) is 2. The Labute approximate surface area is 126 Å². The third-order valence-electron chi connectivity index (χ3n) is 3.61. The van der Waals surface area contributed by atoms with Crippen LogP contribution in [0.4, 0.5) is 0 Å². The second-order valence-electron chi connectivity index (χ2n) is 5.66. The van der Waals surface area contributed by atoms with E-state index in [4.69, 9.17) is 4.74 Å². The van der Waals surface area contributed by atoms with Crippen LogP contribution in [0, 0.1) is 13.8 Å². The van der Waals surface area contributed by atoms with E-state index in [2.05, 4.69) is 4.90 Å². The maximum absolute atomic E-state index is 12.3. The number of esters is 1. The van der Waals surface area contributed by atoms with Gasteiger partial charge in [-0.1, -0.05) is 0 Å². The molecule has 1 heterocycles. The molecule has 0 saturated heterocycles. The smallest absolute Gasteiger partial charge is 0.340 e. The highest BCUT2D eigenvalue weighted by atomic mass is 16.5. The van der Waals surface area contributed by atoms with Gasteiger partial charge in [0.25, 0.3) is 5.56 Å². The average molecular weight is 294 g/mol. The first kappa shape index (κ1) is 17.4. The fourth-order valence-electron chi connectivity index (χ4n) is 2.53. The number of hydrogen-bond donors (Lipinski definition) is 0. The maximum Gasteiger partial charge on any atom is 0.340 e. The molecule has 0 bridgehead atoms. The molecular weight excluding hydrogens is 268 g/mol. The number of aryl methyl sites for hydroxylation is 1. The third-order valence-corrected chi connectivity index (χ3v) is 3.61. The van der Waals surface area contributed by atoms with Crippen molar-refractivity contribution in [3.63, 3.8) is 0 Å². The van der Waals surface area contributed by atoms with Crippen LogP contribution < -0.4 is 5.56 Å². The lowest BCUT2D eigenvalue weighted by Gasteiger charge is -2.22. The van der Waals surface area contributed by atoms with Crippen LogP contribution in [0.15, 0.2) is 10.9 Å². The predicted molar refractivity (Wildman–Crippen MR) is 84.0 cm³/mol. The third kappa shape index (κ3) is 4.17. The van der Waals surface area contributed by atoms with E-state index in [9.17, 15) is 9.59 Å². The molecule has 0 radical (unpaired) electrons. The number of pyridine rings is 1. The Morgan fingerprint density at radius 1 is 1.38 bits per heavy atom. The molecule has 1 atom stereocenters. The number of carbonyl (C=O) groups excluding carboxylic acids is 1. The summed E-state index contributed by atoms with van der Waals surface area (Å²) in [6.45, 7) is 8.57. The summed E-state index contributed by atoms with van der Waals surface area (Å²) in [5.41, 5.74) is 1.80. The van der Waals surface area contributed by atoms with Gasteiger partial charge in [-0.2, -0.15) is 0 Å². The van der Waals surface area contributed by atoms with E-state index in [1.54, 1.807) is 18.4 Å². The zero-order valence-electron chi connectivity index (χ0n) is 13.9. The standard InChI is InChI=1S/C16H26N2O3/c1-7-21-16(20)15-11(2)10-14(19)18(13(15)4)12(3)8-9-17(5)6/h10,12H,7-9H2,1-6H3. The van der Waals surface area contributed by atoms with Gasteiger partial charge in [-0.3, -0.25) is 4.79 Å². The van der Waals surface area contributed by atoms with Crippen LogP contribution in [0.5, 0.6) is 0 Å². The van der Waals surface area contributed by atoms with Crippen molar-refractivity contribution in [1.82, 2.24) is 9.47 Å². The highest BCUT2D eigenvalue weighted by Gasteiger charge is 2.20. The fourth-order valence-corrected chi connectivity index (χ4v) is 2.53. The van der Waals surface area contributed by atoms with E-state index in [-0.39, 0.29) is 17.6 Å². The van der Waals surface area contributed by atoms with Crippen molar-refractivity contribution < 1.29 is 9.53 Å². The zero-order chi connectivity index (χ0) is 16.2. The normalized spacial score (nSPS) is 12.5. The van der Waals surface area contributed by atoms with E-state index in [1.165, 1.54) is 6.07 Å². The summed E-state index contributed by atoms with van der Waals surface area (Å²) < 4.78 is 6.80. The molecule has 0 amide bonds. The van der Waals surface area contributed by atoms with Gasteiger partial charge in [0.2, 0.25) is 0 Å². The van der Waals surface area contributed by atoms with E-state index in [0.29, 0.717) is 23.4 Å². The summed E-state index contributed by atoms with van der Waals surface area (Å²) >= 11 is 0. The molecule has 1 aromatic heterocycles. The molecule has 0 fully saturated rings. The van der Waals surface area contributed by atoms with Crippen LogP contribution in [0.3, 0.4) is 0 Å². The number of ether oxygens (including phenoxy) is 1. The zero-order valence-corrected chi connectivity index (χ0v) is 13.9. The molecule has 0 aliphatic rings. The lowest BCUT2D eigenvalue weighted by molar-refractivity contribution is 0.0523. The van der Waals surface area contributed by atoms with Gasteiger partial charge in [-0.15, -0.1) is 0 Å². The summed E-state index contributed by atoms with van der Waals surface area (Å²) in [5, 5.41) is 0. The number of hydrogen-bond acceptors (Lipinski definition) is 4.